The van der Waals surface area contributed by atoms with E-state index in [9.17, 15) is 9.59 Å². The van der Waals surface area contributed by atoms with E-state index >= 15 is 0 Å². The number of nitrogens with two attached hydrogens (primary N) is 1. The summed E-state index contributed by atoms with van der Waals surface area (Å²) in [5, 5.41) is 2.70. The van der Waals surface area contributed by atoms with Crippen LogP contribution >= 0.6 is 0 Å². The van der Waals surface area contributed by atoms with Gasteiger partial charge in [0.1, 0.15) is 5.60 Å². The number of nitrogens with one attached hydrogen (secondary N) is 1. The first-order chi connectivity index (χ1) is 11.2. The fourth-order valence-corrected chi connectivity index (χ4v) is 2.54. The second-order valence-electron chi connectivity index (χ2n) is 6.89. The number of hydrogen-bond acceptors (Lipinski definition) is 5. The molecule has 1 fully saturated rings. The van der Waals surface area contributed by atoms with Gasteiger partial charge in [0, 0.05) is 38.8 Å². The van der Waals surface area contributed by atoms with Gasteiger partial charge in [-0.2, -0.15) is 0 Å². The summed E-state index contributed by atoms with van der Waals surface area (Å²) in [5.41, 5.74) is 7.34. The van der Waals surface area contributed by atoms with E-state index in [0.29, 0.717) is 24.5 Å². The lowest BCUT2D eigenvalue weighted by molar-refractivity contribution is -0.129. The first-order valence-corrected chi connectivity index (χ1v) is 8.06. The molecule has 2 amide bonds. The number of benzene rings is 1. The standard InChI is InChI=1S/C17H26N4O3/c1-12(22)20-7-9-21(10-8-20)13-5-6-14(18)15(11-13)19-16(23)24-17(2,3)4/h5-6,11H,7-10,18H2,1-4H3,(H,19,23). The lowest BCUT2D eigenvalue weighted by Crippen LogP contribution is -2.48. The highest BCUT2D eigenvalue weighted by Gasteiger charge is 2.20. The van der Waals surface area contributed by atoms with Gasteiger partial charge in [-0.05, 0) is 39.0 Å². The molecule has 0 spiro atoms. The fourth-order valence-electron chi connectivity index (χ4n) is 2.54. The normalized spacial score (nSPS) is 15.2. The van der Waals surface area contributed by atoms with E-state index in [-0.39, 0.29) is 5.91 Å². The average molecular weight is 334 g/mol. The van der Waals surface area contributed by atoms with Crippen LogP contribution in [0, 0.1) is 0 Å². The Morgan fingerprint density at radius 1 is 1.17 bits per heavy atom. The number of carbonyl (C=O) groups is 2. The highest BCUT2D eigenvalue weighted by molar-refractivity contribution is 5.90. The maximum Gasteiger partial charge on any atom is 0.412 e. The van der Waals surface area contributed by atoms with E-state index in [1.807, 2.05) is 17.0 Å². The van der Waals surface area contributed by atoms with Gasteiger partial charge in [-0.1, -0.05) is 0 Å². The zero-order valence-corrected chi connectivity index (χ0v) is 14.8. The molecule has 132 valence electrons. The highest BCUT2D eigenvalue weighted by Crippen LogP contribution is 2.27. The van der Waals surface area contributed by atoms with Crippen molar-refractivity contribution in [3.8, 4) is 0 Å². The molecule has 0 saturated carbocycles. The maximum atomic E-state index is 11.9. The molecule has 0 radical (unpaired) electrons. The Morgan fingerprint density at radius 3 is 2.33 bits per heavy atom. The molecule has 1 aliphatic heterocycles. The molecule has 24 heavy (non-hydrogen) atoms. The number of ether oxygens (including phenoxy) is 1. The van der Waals surface area contributed by atoms with Gasteiger partial charge in [0.25, 0.3) is 0 Å². The fraction of sp³-hybridized carbons (Fsp3) is 0.529. The third-order valence-electron chi connectivity index (χ3n) is 3.76. The molecule has 1 heterocycles. The number of piperazine rings is 1. The Morgan fingerprint density at radius 2 is 1.79 bits per heavy atom. The van der Waals surface area contributed by atoms with Crippen LogP contribution < -0.4 is 16.0 Å². The quantitative estimate of drug-likeness (QED) is 0.810. The van der Waals surface area contributed by atoms with Gasteiger partial charge in [-0.25, -0.2) is 4.79 Å². The molecule has 0 atom stereocenters. The van der Waals surface area contributed by atoms with Gasteiger partial charge in [0.2, 0.25) is 5.91 Å². The summed E-state index contributed by atoms with van der Waals surface area (Å²) >= 11 is 0. The minimum Gasteiger partial charge on any atom is -0.444 e. The molecule has 0 aromatic heterocycles. The molecular weight excluding hydrogens is 308 g/mol. The van der Waals surface area contributed by atoms with Crippen LogP contribution in [0.2, 0.25) is 0 Å². The average Bonchev–Trinajstić information content (AvgIpc) is 2.47. The van der Waals surface area contributed by atoms with E-state index in [4.69, 9.17) is 10.5 Å². The summed E-state index contributed by atoms with van der Waals surface area (Å²) in [4.78, 5) is 27.3. The zero-order chi connectivity index (χ0) is 17.9. The van der Waals surface area contributed by atoms with Gasteiger partial charge in [0.05, 0.1) is 11.4 Å². The Bertz CT molecular complexity index is 617. The molecule has 1 aromatic carbocycles. The smallest absolute Gasteiger partial charge is 0.412 e. The third-order valence-corrected chi connectivity index (χ3v) is 3.76. The third kappa shape index (κ3) is 4.78. The Hall–Kier alpha value is -2.44. The molecule has 7 nitrogen and oxygen atoms in total. The van der Waals surface area contributed by atoms with Crippen molar-refractivity contribution in [3.63, 3.8) is 0 Å². The summed E-state index contributed by atoms with van der Waals surface area (Å²) in [5.74, 6) is 0.0965. The van der Waals surface area contributed by atoms with Crippen molar-refractivity contribution in [3.05, 3.63) is 18.2 Å². The van der Waals surface area contributed by atoms with E-state index in [2.05, 4.69) is 10.2 Å². The molecule has 3 N–H and O–H groups in total. The van der Waals surface area contributed by atoms with Gasteiger partial charge >= 0.3 is 6.09 Å². The molecule has 0 bridgehead atoms. The summed E-state index contributed by atoms with van der Waals surface area (Å²) in [6.07, 6.45) is -0.534. The number of nitrogen functional groups attached to an aromatic ring is 1. The lowest BCUT2D eigenvalue weighted by Gasteiger charge is -2.35. The van der Waals surface area contributed by atoms with Crippen molar-refractivity contribution in [1.29, 1.82) is 0 Å². The number of rotatable bonds is 2. The lowest BCUT2D eigenvalue weighted by atomic mass is 10.2. The second-order valence-corrected chi connectivity index (χ2v) is 6.89. The maximum absolute atomic E-state index is 11.9. The van der Waals surface area contributed by atoms with Crippen LogP contribution in [0.15, 0.2) is 18.2 Å². The van der Waals surface area contributed by atoms with Crippen LogP contribution in [-0.2, 0) is 9.53 Å². The number of hydrogen-bond donors (Lipinski definition) is 2. The molecule has 0 aliphatic carbocycles. The van der Waals surface area contributed by atoms with E-state index < -0.39 is 11.7 Å². The topological polar surface area (TPSA) is 87.9 Å². The van der Waals surface area contributed by atoms with Gasteiger partial charge < -0.3 is 20.3 Å². The monoisotopic (exact) mass is 334 g/mol. The zero-order valence-electron chi connectivity index (χ0n) is 14.8. The minimum atomic E-state index is -0.570. The largest absolute Gasteiger partial charge is 0.444 e. The van der Waals surface area contributed by atoms with Crippen molar-refractivity contribution in [1.82, 2.24) is 4.90 Å². The first kappa shape index (κ1) is 17.9. The van der Waals surface area contributed by atoms with E-state index in [1.54, 1.807) is 33.8 Å². The summed E-state index contributed by atoms with van der Waals surface area (Å²) in [6, 6.07) is 5.51. The summed E-state index contributed by atoms with van der Waals surface area (Å²) < 4.78 is 5.26. The predicted octanol–water partition coefficient (Wildman–Crippen LogP) is 2.28. The van der Waals surface area contributed by atoms with Crippen LogP contribution in [0.4, 0.5) is 21.9 Å². The molecule has 1 aliphatic rings. The van der Waals surface area contributed by atoms with Crippen molar-refractivity contribution >= 4 is 29.1 Å². The van der Waals surface area contributed by atoms with Crippen molar-refractivity contribution in [2.45, 2.75) is 33.3 Å². The first-order valence-electron chi connectivity index (χ1n) is 8.06. The number of nitrogens with zero attached hydrogens (tertiary/aromatic N) is 2. The van der Waals surface area contributed by atoms with Crippen molar-refractivity contribution in [2.75, 3.05) is 42.1 Å². The van der Waals surface area contributed by atoms with Crippen LogP contribution in [0.25, 0.3) is 0 Å². The van der Waals surface area contributed by atoms with Gasteiger partial charge in [-0.15, -0.1) is 0 Å². The Balaban J connectivity index is 2.06. The SMILES string of the molecule is CC(=O)N1CCN(c2ccc(N)c(NC(=O)OC(C)(C)C)c2)CC1. The highest BCUT2D eigenvalue weighted by atomic mass is 16.6. The minimum absolute atomic E-state index is 0.0965. The van der Waals surface area contributed by atoms with Crippen molar-refractivity contribution < 1.29 is 14.3 Å². The van der Waals surface area contributed by atoms with Crippen LogP contribution in [0.5, 0.6) is 0 Å². The molecule has 0 unspecified atom stereocenters. The van der Waals surface area contributed by atoms with Crippen molar-refractivity contribution in [2.24, 2.45) is 0 Å². The van der Waals surface area contributed by atoms with Gasteiger partial charge in [-0.3, -0.25) is 10.1 Å². The Kier molecular flexibility index (Phi) is 5.21. The predicted molar refractivity (Wildman–Crippen MR) is 95.2 cm³/mol. The number of anilines is 3. The van der Waals surface area contributed by atoms with E-state index in [1.165, 1.54) is 0 Å². The Labute approximate surface area is 142 Å². The molecule has 1 saturated heterocycles. The summed E-state index contributed by atoms with van der Waals surface area (Å²) in [6.45, 7) is 9.87. The number of amides is 2. The molecule has 2 rings (SSSR count). The van der Waals surface area contributed by atoms with Gasteiger partial charge in [0.15, 0.2) is 0 Å². The molecular formula is C17H26N4O3. The number of carbonyl (C=O) groups excluding carboxylic acids is 2. The van der Waals surface area contributed by atoms with E-state index in [0.717, 1.165) is 18.8 Å². The van der Waals surface area contributed by atoms with Crippen LogP contribution in [-0.4, -0.2) is 48.7 Å². The molecule has 7 heteroatoms. The second kappa shape index (κ2) is 6.98. The van der Waals surface area contributed by atoms with Crippen LogP contribution in [0.3, 0.4) is 0 Å². The summed E-state index contributed by atoms with van der Waals surface area (Å²) in [7, 11) is 0. The van der Waals surface area contributed by atoms with Crippen LogP contribution in [0.1, 0.15) is 27.7 Å². The molecule has 1 aromatic rings.